The van der Waals surface area contributed by atoms with Crippen LogP contribution in [0.25, 0.3) is 0 Å². The van der Waals surface area contributed by atoms with E-state index in [2.05, 4.69) is 13.8 Å². The zero-order valence-corrected chi connectivity index (χ0v) is 37.4. The minimum absolute atomic E-state index is 0.102. The zero-order chi connectivity index (χ0) is 42.0. The number of esters is 2. The number of carbonyl (C=O) groups is 2. The number of rotatable bonds is 28. The van der Waals surface area contributed by atoms with Gasteiger partial charge in [0.1, 0.15) is 18.1 Å². The van der Waals surface area contributed by atoms with E-state index < -0.39 is 18.0 Å². The molecule has 0 spiro atoms. The molecule has 0 saturated heterocycles. The molecule has 0 aromatic heterocycles. The maximum absolute atomic E-state index is 13.4. The molecule has 0 radical (unpaired) electrons. The van der Waals surface area contributed by atoms with E-state index in [0.717, 1.165) is 53.6 Å². The van der Waals surface area contributed by atoms with Gasteiger partial charge in [0, 0.05) is 0 Å². The second-order valence-electron chi connectivity index (χ2n) is 17.9. The minimum atomic E-state index is -0.758. The molecule has 6 heteroatoms. The molecule has 5 rings (SSSR count). The van der Waals surface area contributed by atoms with E-state index in [1.165, 1.54) is 141 Å². The van der Waals surface area contributed by atoms with Crippen molar-refractivity contribution in [3.8, 4) is 11.5 Å². The normalized spacial score (nSPS) is 19.6. The van der Waals surface area contributed by atoms with Gasteiger partial charge in [-0.1, -0.05) is 173 Å². The molecule has 6 nitrogen and oxygen atoms in total. The third-order valence-electron chi connectivity index (χ3n) is 13.4. The van der Waals surface area contributed by atoms with Gasteiger partial charge in [0.05, 0.1) is 24.3 Å². The summed E-state index contributed by atoms with van der Waals surface area (Å²) in [6.07, 6.45) is 31.3. The van der Waals surface area contributed by atoms with E-state index in [1.807, 2.05) is 54.6 Å². The molecule has 4 unspecified atom stereocenters. The molecule has 5 atom stereocenters. The van der Waals surface area contributed by atoms with Gasteiger partial charge in [0.25, 0.3) is 0 Å². The van der Waals surface area contributed by atoms with Crippen molar-refractivity contribution in [3.63, 3.8) is 0 Å². The Kier molecular flexibility index (Phi) is 22.0. The molecule has 0 amide bonds. The first-order chi connectivity index (χ1) is 29.5. The smallest absolute Gasteiger partial charge is 0.338 e. The van der Waals surface area contributed by atoms with Crippen LogP contribution in [0.5, 0.6) is 11.5 Å². The largest absolute Gasteiger partial charge is 0.494 e. The van der Waals surface area contributed by atoms with Crippen molar-refractivity contribution >= 4 is 11.9 Å². The van der Waals surface area contributed by atoms with E-state index in [1.54, 1.807) is 24.3 Å². The zero-order valence-electron chi connectivity index (χ0n) is 37.4. The lowest BCUT2D eigenvalue weighted by atomic mass is 9.74. The average Bonchev–Trinajstić information content (AvgIpc) is 3.29. The van der Waals surface area contributed by atoms with Crippen molar-refractivity contribution in [3.05, 3.63) is 95.6 Å². The lowest BCUT2D eigenvalue weighted by molar-refractivity contribution is -0.00134. The number of unbranched alkanes of at least 4 members (excludes halogenated alkanes) is 8. The van der Waals surface area contributed by atoms with Crippen LogP contribution in [-0.2, 0) is 9.47 Å². The highest BCUT2D eigenvalue weighted by Gasteiger charge is 2.26. The Hall–Kier alpha value is -3.80. The number of hydrogen-bond acceptors (Lipinski definition) is 6. The Bertz CT molecular complexity index is 1590. The Morgan fingerprint density at radius 3 is 1.37 bits per heavy atom. The molecule has 0 aliphatic heterocycles. The summed E-state index contributed by atoms with van der Waals surface area (Å²) in [5.74, 6) is 3.99. The van der Waals surface area contributed by atoms with Crippen molar-refractivity contribution < 1.29 is 28.5 Å². The van der Waals surface area contributed by atoms with Crippen LogP contribution in [0.3, 0.4) is 0 Å². The van der Waals surface area contributed by atoms with E-state index in [4.69, 9.17) is 18.9 Å². The van der Waals surface area contributed by atoms with Crippen LogP contribution in [0.4, 0.5) is 0 Å². The first-order valence-corrected chi connectivity index (χ1v) is 24.4. The minimum Gasteiger partial charge on any atom is -0.494 e. The summed E-state index contributed by atoms with van der Waals surface area (Å²) in [7, 11) is 0. The van der Waals surface area contributed by atoms with Gasteiger partial charge in [0.2, 0.25) is 0 Å². The fraction of sp³-hybridized carbons (Fsp3) is 0.630. The first-order valence-electron chi connectivity index (χ1n) is 24.4. The van der Waals surface area contributed by atoms with Gasteiger partial charge < -0.3 is 18.9 Å². The molecule has 330 valence electrons. The van der Waals surface area contributed by atoms with Gasteiger partial charge in [-0.3, -0.25) is 0 Å². The molecule has 2 aliphatic carbocycles. The van der Waals surface area contributed by atoms with E-state index in [0.29, 0.717) is 24.3 Å². The monoisotopic (exact) mass is 823 g/mol. The second kappa shape index (κ2) is 27.9. The van der Waals surface area contributed by atoms with Crippen LogP contribution in [0, 0.1) is 23.7 Å². The Morgan fingerprint density at radius 1 is 0.500 bits per heavy atom. The van der Waals surface area contributed by atoms with Crippen LogP contribution in [0.2, 0.25) is 0 Å². The molecule has 0 bridgehead atoms. The van der Waals surface area contributed by atoms with E-state index in [9.17, 15) is 9.59 Å². The highest BCUT2D eigenvalue weighted by Crippen LogP contribution is 2.38. The van der Waals surface area contributed by atoms with Crippen molar-refractivity contribution in [2.45, 2.75) is 174 Å². The topological polar surface area (TPSA) is 71.1 Å². The molecule has 2 saturated carbocycles. The van der Waals surface area contributed by atoms with E-state index >= 15 is 0 Å². The average molecular weight is 823 g/mol. The third kappa shape index (κ3) is 16.9. The molecule has 0 N–H and O–H groups in total. The predicted octanol–water partition coefficient (Wildman–Crippen LogP) is 15.1. The molecule has 2 fully saturated rings. The van der Waals surface area contributed by atoms with Gasteiger partial charge >= 0.3 is 11.9 Å². The Balaban J connectivity index is 1.02. The highest BCUT2D eigenvalue weighted by atomic mass is 16.6. The first kappa shape index (κ1) is 47.3. The van der Waals surface area contributed by atoms with Gasteiger partial charge in [-0.05, 0) is 103 Å². The van der Waals surface area contributed by atoms with Crippen LogP contribution in [-0.4, -0.2) is 31.8 Å². The predicted molar refractivity (Wildman–Crippen MR) is 245 cm³/mol. The van der Waals surface area contributed by atoms with Gasteiger partial charge in [-0.15, -0.1) is 0 Å². The maximum atomic E-state index is 13.4. The van der Waals surface area contributed by atoms with E-state index in [-0.39, 0.29) is 6.61 Å². The summed E-state index contributed by atoms with van der Waals surface area (Å²) in [5, 5.41) is 0. The summed E-state index contributed by atoms with van der Waals surface area (Å²) in [6.45, 7) is 5.83. The summed E-state index contributed by atoms with van der Waals surface area (Å²) in [6, 6.07) is 23.7. The summed E-state index contributed by atoms with van der Waals surface area (Å²) < 4.78 is 23.9. The van der Waals surface area contributed by atoms with Gasteiger partial charge in [-0.2, -0.15) is 0 Å². The Labute approximate surface area is 363 Å². The molecule has 2 aliphatic rings. The van der Waals surface area contributed by atoms with Crippen LogP contribution < -0.4 is 9.47 Å². The van der Waals surface area contributed by atoms with Crippen molar-refractivity contribution in [2.75, 3.05) is 19.8 Å². The third-order valence-corrected chi connectivity index (χ3v) is 13.4. The second-order valence-corrected chi connectivity index (χ2v) is 17.9. The molecular weight excluding hydrogens is 745 g/mol. The lowest BCUT2D eigenvalue weighted by Gasteiger charge is -2.31. The molecule has 3 aromatic rings. The molecule has 3 aromatic carbocycles. The molecule has 0 heterocycles. The number of benzene rings is 3. The fourth-order valence-electron chi connectivity index (χ4n) is 9.85. The highest BCUT2D eigenvalue weighted by molar-refractivity contribution is 5.90. The van der Waals surface area contributed by atoms with Gasteiger partial charge in [-0.25, -0.2) is 9.59 Å². The standard InChI is InChI=1S/C54H78O6/c1-3-5-7-9-12-22-43-24-16-18-26-45(43)30-20-40-57-50-36-32-48(33-37-50)53(55)59-42-52(47-28-14-11-15-29-47)60-54(56)49-34-38-51(39-35-49)58-41-21-31-46-27-19-17-25-44(46)23-13-10-8-6-4-2/h11,14-15,28-29,32-39,43-46,52H,3-10,12-13,16-27,30-31,40-42H2,1-2H3/t43?,44?,45?,46?,52-/m0/s1. The lowest BCUT2D eigenvalue weighted by Crippen LogP contribution is -2.20. The summed E-state index contributed by atoms with van der Waals surface area (Å²) in [5.41, 5.74) is 1.60. The SMILES string of the molecule is CCCCCCCC1CCCCC1CCCOc1ccc(C(=O)OC[C@H](OC(=O)c2ccc(OCCCC3CCCCC3CCCCCCC)cc2)c2ccccc2)cc1. The Morgan fingerprint density at radius 2 is 0.917 bits per heavy atom. The molecular formula is C54H78O6. The van der Waals surface area contributed by atoms with Gasteiger partial charge in [0.15, 0.2) is 6.10 Å². The molecule has 60 heavy (non-hydrogen) atoms. The van der Waals surface area contributed by atoms with Crippen molar-refractivity contribution in [2.24, 2.45) is 23.7 Å². The number of carbonyl (C=O) groups excluding carboxylic acids is 2. The quantitative estimate of drug-likeness (QED) is 0.0537. The fourth-order valence-corrected chi connectivity index (χ4v) is 9.85. The summed E-state index contributed by atoms with van der Waals surface area (Å²) >= 11 is 0. The van der Waals surface area contributed by atoms with Crippen molar-refractivity contribution in [1.29, 1.82) is 0 Å². The van der Waals surface area contributed by atoms with Crippen LogP contribution in [0.1, 0.15) is 200 Å². The van der Waals surface area contributed by atoms with Crippen LogP contribution in [0.15, 0.2) is 78.9 Å². The van der Waals surface area contributed by atoms with Crippen LogP contribution >= 0.6 is 0 Å². The number of ether oxygens (including phenoxy) is 4. The number of hydrogen-bond donors (Lipinski definition) is 0. The summed E-state index contributed by atoms with van der Waals surface area (Å²) in [4.78, 5) is 26.5. The van der Waals surface area contributed by atoms with Crippen molar-refractivity contribution in [1.82, 2.24) is 0 Å². The maximum Gasteiger partial charge on any atom is 0.338 e.